The number of aryl methyl sites for hydroxylation is 1. The summed E-state index contributed by atoms with van der Waals surface area (Å²) in [6, 6.07) is 23.5. The van der Waals surface area contributed by atoms with Crippen molar-refractivity contribution in [2.75, 3.05) is 14.1 Å². The first-order chi connectivity index (χ1) is 15.0. The maximum absolute atomic E-state index is 13.5. The number of para-hydroxylation sites is 4. The Hall–Kier alpha value is -3.77. The smallest absolute Gasteiger partial charge is 0.265 e. The van der Waals surface area contributed by atoms with Gasteiger partial charge in [0.1, 0.15) is 11.6 Å². The fraction of sp³-hybridized carbons (Fsp3) is 0.160. The summed E-state index contributed by atoms with van der Waals surface area (Å²) < 4.78 is 3.88. The third kappa shape index (κ3) is 3.21. The summed E-state index contributed by atoms with van der Waals surface area (Å²) in [7, 11) is 4.07. The van der Waals surface area contributed by atoms with Crippen molar-refractivity contribution in [3.63, 3.8) is 0 Å². The van der Waals surface area contributed by atoms with Crippen molar-refractivity contribution in [2.24, 2.45) is 0 Å². The molecule has 2 aromatic heterocycles. The summed E-state index contributed by atoms with van der Waals surface area (Å²) in [6.45, 7) is 2.54. The number of benzene rings is 3. The topological polar surface area (TPSA) is 56.0 Å². The largest absolute Gasteiger partial charge is 0.310 e. The van der Waals surface area contributed by atoms with Gasteiger partial charge < -0.3 is 4.57 Å². The highest BCUT2D eigenvalue weighted by molar-refractivity contribution is 5.83. The fourth-order valence-corrected chi connectivity index (χ4v) is 4.09. The summed E-state index contributed by atoms with van der Waals surface area (Å²) in [6.07, 6.45) is 0. The monoisotopic (exact) mass is 409 g/mol. The molecule has 154 valence electrons. The van der Waals surface area contributed by atoms with Crippen molar-refractivity contribution in [3.8, 4) is 17.1 Å². The molecule has 0 radical (unpaired) electrons. The molecule has 0 unspecified atom stereocenters. The average Bonchev–Trinajstić information content (AvgIpc) is 3.12. The summed E-state index contributed by atoms with van der Waals surface area (Å²) in [4.78, 5) is 25.2. The quantitative estimate of drug-likeness (QED) is 0.446. The van der Waals surface area contributed by atoms with E-state index in [9.17, 15) is 4.79 Å². The second-order valence-electron chi connectivity index (χ2n) is 7.91. The Morgan fingerprint density at radius 3 is 2.32 bits per heavy atom. The van der Waals surface area contributed by atoms with Gasteiger partial charge >= 0.3 is 0 Å². The Bertz CT molecular complexity index is 1480. The predicted molar refractivity (Wildman–Crippen MR) is 124 cm³/mol. The van der Waals surface area contributed by atoms with E-state index in [4.69, 9.17) is 4.98 Å². The number of fused-ring (bicyclic) bond motifs is 2. The zero-order chi connectivity index (χ0) is 21.5. The zero-order valence-corrected chi connectivity index (χ0v) is 17.8. The van der Waals surface area contributed by atoms with Crippen molar-refractivity contribution in [2.45, 2.75) is 13.6 Å². The van der Waals surface area contributed by atoms with E-state index in [1.807, 2.05) is 87.7 Å². The van der Waals surface area contributed by atoms with Gasteiger partial charge in [0.2, 0.25) is 0 Å². The second kappa shape index (κ2) is 7.49. The van der Waals surface area contributed by atoms with Crippen LogP contribution in [0.1, 0.15) is 5.82 Å². The number of nitrogens with zero attached hydrogens (tertiary/aromatic N) is 5. The molecule has 0 amide bonds. The molecule has 3 aromatic carbocycles. The summed E-state index contributed by atoms with van der Waals surface area (Å²) >= 11 is 0. The minimum atomic E-state index is -0.0779. The van der Waals surface area contributed by atoms with Crippen molar-refractivity contribution < 1.29 is 0 Å². The minimum absolute atomic E-state index is 0.0779. The normalized spacial score (nSPS) is 11.6. The van der Waals surface area contributed by atoms with Gasteiger partial charge in [-0.2, -0.15) is 0 Å². The molecule has 31 heavy (non-hydrogen) atoms. The van der Waals surface area contributed by atoms with Crippen LogP contribution < -0.4 is 5.56 Å². The molecule has 0 aliphatic rings. The molecule has 0 N–H and O–H groups in total. The van der Waals surface area contributed by atoms with E-state index in [0.717, 1.165) is 28.1 Å². The predicted octanol–water partition coefficient (Wildman–Crippen LogP) is 4.23. The third-order valence-corrected chi connectivity index (χ3v) is 5.41. The third-order valence-electron chi connectivity index (χ3n) is 5.41. The molecule has 0 aliphatic heterocycles. The van der Waals surface area contributed by atoms with E-state index in [0.29, 0.717) is 23.4 Å². The molecule has 6 heteroatoms. The Kier molecular flexibility index (Phi) is 4.64. The number of aromatic nitrogens is 4. The first-order valence-electron chi connectivity index (χ1n) is 10.2. The van der Waals surface area contributed by atoms with Gasteiger partial charge in [-0.25, -0.2) is 9.97 Å². The molecule has 0 aliphatic carbocycles. The van der Waals surface area contributed by atoms with Crippen molar-refractivity contribution in [1.29, 1.82) is 0 Å². The summed E-state index contributed by atoms with van der Waals surface area (Å²) in [5.74, 6) is 1.47. The molecule has 6 nitrogen and oxygen atoms in total. The van der Waals surface area contributed by atoms with Gasteiger partial charge in [-0.15, -0.1) is 0 Å². The van der Waals surface area contributed by atoms with Gasteiger partial charge in [0.25, 0.3) is 5.56 Å². The first-order valence-corrected chi connectivity index (χ1v) is 10.2. The van der Waals surface area contributed by atoms with E-state index >= 15 is 0 Å². The van der Waals surface area contributed by atoms with Crippen molar-refractivity contribution in [3.05, 3.63) is 89.0 Å². The molecule has 5 rings (SSSR count). The number of imidazole rings is 1. The molecular weight excluding hydrogens is 386 g/mol. The first kappa shape index (κ1) is 19.2. The molecule has 0 fully saturated rings. The van der Waals surface area contributed by atoms with Crippen LogP contribution in [0.15, 0.2) is 77.6 Å². The number of hydrogen-bond donors (Lipinski definition) is 0. The van der Waals surface area contributed by atoms with Crippen LogP contribution in [0, 0.1) is 6.92 Å². The Morgan fingerprint density at radius 2 is 1.52 bits per heavy atom. The van der Waals surface area contributed by atoms with Crippen LogP contribution in [0.4, 0.5) is 0 Å². The molecule has 0 bridgehead atoms. The lowest BCUT2D eigenvalue weighted by Crippen LogP contribution is -2.23. The van der Waals surface area contributed by atoms with Crippen molar-refractivity contribution in [1.82, 2.24) is 24.0 Å². The molecule has 0 saturated carbocycles. The highest BCUT2D eigenvalue weighted by atomic mass is 16.1. The molecular formula is C25H23N5O. The maximum atomic E-state index is 13.5. The summed E-state index contributed by atoms with van der Waals surface area (Å²) in [5.41, 5.74) is 4.28. The van der Waals surface area contributed by atoms with Gasteiger partial charge in [0.05, 0.1) is 34.3 Å². The maximum Gasteiger partial charge on any atom is 0.265 e. The molecule has 2 heterocycles. The standard InChI is InChI=1S/C25H23N5O/c1-17-26-20-12-6-4-10-18(20)25(31)30(17)22-14-8-5-11-19(22)24-27-21-13-7-9-15-23(21)29(24)16-28(2)3/h4-15H,16H2,1-3H3. The Morgan fingerprint density at radius 1 is 0.839 bits per heavy atom. The van der Waals surface area contributed by atoms with E-state index in [1.165, 1.54) is 0 Å². The summed E-state index contributed by atoms with van der Waals surface area (Å²) in [5, 5.41) is 0.602. The molecule has 0 atom stereocenters. The molecule has 0 spiro atoms. The SMILES string of the molecule is Cc1nc2ccccc2c(=O)n1-c1ccccc1-c1nc2ccccc2n1CN(C)C. The van der Waals surface area contributed by atoms with Crippen LogP contribution in [0.5, 0.6) is 0 Å². The van der Waals surface area contributed by atoms with Gasteiger partial charge in [-0.3, -0.25) is 14.3 Å². The Labute approximate surface area is 180 Å². The van der Waals surface area contributed by atoms with E-state index in [2.05, 4.69) is 20.5 Å². The van der Waals surface area contributed by atoms with Crippen molar-refractivity contribution >= 4 is 21.9 Å². The Balaban J connectivity index is 1.82. The van der Waals surface area contributed by atoms with Crippen LogP contribution in [-0.4, -0.2) is 38.1 Å². The average molecular weight is 409 g/mol. The van der Waals surface area contributed by atoms with E-state index in [1.54, 1.807) is 4.57 Å². The van der Waals surface area contributed by atoms with Gasteiger partial charge in [-0.1, -0.05) is 36.4 Å². The van der Waals surface area contributed by atoms with E-state index < -0.39 is 0 Å². The lowest BCUT2D eigenvalue weighted by atomic mass is 10.1. The van der Waals surface area contributed by atoms with Crippen LogP contribution in [-0.2, 0) is 6.67 Å². The molecule has 0 saturated heterocycles. The highest BCUT2D eigenvalue weighted by Gasteiger charge is 2.19. The number of rotatable bonds is 4. The lowest BCUT2D eigenvalue weighted by molar-refractivity contribution is 0.334. The minimum Gasteiger partial charge on any atom is -0.310 e. The lowest BCUT2D eigenvalue weighted by Gasteiger charge is -2.18. The van der Waals surface area contributed by atoms with Crippen LogP contribution in [0.3, 0.4) is 0 Å². The van der Waals surface area contributed by atoms with Crippen LogP contribution in [0.2, 0.25) is 0 Å². The van der Waals surface area contributed by atoms with Gasteiger partial charge in [0.15, 0.2) is 0 Å². The molecule has 5 aromatic rings. The van der Waals surface area contributed by atoms with E-state index in [-0.39, 0.29) is 5.56 Å². The fourth-order valence-electron chi connectivity index (χ4n) is 4.09. The van der Waals surface area contributed by atoms with Crippen LogP contribution in [0.25, 0.3) is 39.0 Å². The highest BCUT2D eigenvalue weighted by Crippen LogP contribution is 2.30. The zero-order valence-electron chi connectivity index (χ0n) is 17.8. The second-order valence-corrected chi connectivity index (χ2v) is 7.91. The van der Waals surface area contributed by atoms with Gasteiger partial charge in [-0.05, 0) is 57.4 Å². The number of hydrogen-bond acceptors (Lipinski definition) is 4. The van der Waals surface area contributed by atoms with Crippen LogP contribution >= 0.6 is 0 Å². The van der Waals surface area contributed by atoms with Gasteiger partial charge in [0, 0.05) is 5.56 Å².